The van der Waals surface area contributed by atoms with Gasteiger partial charge in [0.25, 0.3) is 0 Å². The van der Waals surface area contributed by atoms with E-state index in [1.165, 1.54) is 0 Å². The smallest absolute Gasteiger partial charge is 0.352 e. The fourth-order valence-electron chi connectivity index (χ4n) is 1.71. The molecular formula is C13H14N2O4S. The Morgan fingerprint density at radius 3 is 2.55 bits per heavy atom. The van der Waals surface area contributed by atoms with Crippen molar-refractivity contribution in [1.82, 2.24) is 9.71 Å². The Labute approximate surface area is 116 Å². The van der Waals surface area contributed by atoms with E-state index in [1.54, 1.807) is 0 Å². The highest BCUT2D eigenvalue weighted by molar-refractivity contribution is 7.89. The first kappa shape index (κ1) is 14.3. The molecule has 0 radical (unpaired) electrons. The Kier molecular flexibility index (Phi) is 4.21. The minimum absolute atomic E-state index is 0.0806. The van der Waals surface area contributed by atoms with E-state index < -0.39 is 16.0 Å². The molecule has 2 rings (SSSR count). The van der Waals surface area contributed by atoms with Crippen LogP contribution in [0.2, 0.25) is 0 Å². The summed E-state index contributed by atoms with van der Waals surface area (Å²) in [7, 11) is -3.69. The van der Waals surface area contributed by atoms with Crippen molar-refractivity contribution in [3.63, 3.8) is 0 Å². The molecule has 6 nitrogen and oxygen atoms in total. The summed E-state index contributed by atoms with van der Waals surface area (Å²) >= 11 is 0. The van der Waals surface area contributed by atoms with Gasteiger partial charge in [-0.25, -0.2) is 17.9 Å². The lowest BCUT2D eigenvalue weighted by Crippen LogP contribution is -2.25. The van der Waals surface area contributed by atoms with E-state index in [0.717, 1.165) is 17.8 Å². The van der Waals surface area contributed by atoms with Gasteiger partial charge in [-0.2, -0.15) is 0 Å². The standard InChI is InChI=1S/C13H14N2O4S/c16-13(17)12-8-11(9-14-12)20(18,19)15-7-6-10-4-2-1-3-5-10/h1-5,8-9,14-15H,6-7H2,(H,16,17). The lowest BCUT2D eigenvalue weighted by Gasteiger charge is -2.04. The predicted octanol–water partition coefficient (Wildman–Crippen LogP) is 1.23. The molecule has 0 spiro atoms. The van der Waals surface area contributed by atoms with Gasteiger partial charge in [-0.3, -0.25) is 0 Å². The molecule has 0 bridgehead atoms. The second kappa shape index (κ2) is 5.89. The summed E-state index contributed by atoms with van der Waals surface area (Å²) in [6.07, 6.45) is 1.73. The molecule has 0 aliphatic carbocycles. The monoisotopic (exact) mass is 294 g/mol. The highest BCUT2D eigenvalue weighted by Gasteiger charge is 2.17. The minimum Gasteiger partial charge on any atom is -0.477 e. The van der Waals surface area contributed by atoms with E-state index in [0.29, 0.717) is 6.42 Å². The highest BCUT2D eigenvalue weighted by atomic mass is 32.2. The second-order valence-electron chi connectivity index (χ2n) is 4.19. The van der Waals surface area contributed by atoms with Crippen LogP contribution in [0.3, 0.4) is 0 Å². The van der Waals surface area contributed by atoms with Crippen LogP contribution in [0, 0.1) is 0 Å². The third-order valence-electron chi connectivity index (χ3n) is 2.75. The van der Waals surface area contributed by atoms with Gasteiger partial charge in [0.05, 0.1) is 0 Å². The van der Waals surface area contributed by atoms with Gasteiger partial charge < -0.3 is 10.1 Å². The van der Waals surface area contributed by atoms with Crippen LogP contribution in [0.5, 0.6) is 0 Å². The first-order valence-corrected chi connectivity index (χ1v) is 7.42. The molecule has 1 aromatic heterocycles. The molecule has 0 fully saturated rings. The lowest BCUT2D eigenvalue weighted by atomic mass is 10.2. The normalized spacial score (nSPS) is 11.4. The Morgan fingerprint density at radius 1 is 1.25 bits per heavy atom. The van der Waals surface area contributed by atoms with Crippen molar-refractivity contribution in [3.8, 4) is 0 Å². The molecular weight excluding hydrogens is 280 g/mol. The number of aromatic amines is 1. The van der Waals surface area contributed by atoms with Crippen LogP contribution in [-0.2, 0) is 16.4 Å². The molecule has 106 valence electrons. The van der Waals surface area contributed by atoms with Gasteiger partial charge in [0.2, 0.25) is 10.0 Å². The average molecular weight is 294 g/mol. The maximum Gasteiger partial charge on any atom is 0.352 e. The SMILES string of the molecule is O=C(O)c1cc(S(=O)(=O)NCCc2ccccc2)c[nH]1. The van der Waals surface area contributed by atoms with Crippen LogP contribution in [0.1, 0.15) is 16.1 Å². The first-order valence-electron chi connectivity index (χ1n) is 5.94. The fraction of sp³-hybridized carbons (Fsp3) is 0.154. The Bertz CT molecular complexity index is 692. The van der Waals surface area contributed by atoms with Crippen molar-refractivity contribution in [1.29, 1.82) is 0 Å². The van der Waals surface area contributed by atoms with Gasteiger partial charge in [-0.05, 0) is 18.1 Å². The Balaban J connectivity index is 1.98. The molecule has 0 aliphatic heterocycles. The van der Waals surface area contributed by atoms with E-state index >= 15 is 0 Å². The van der Waals surface area contributed by atoms with E-state index in [9.17, 15) is 13.2 Å². The van der Waals surface area contributed by atoms with Gasteiger partial charge in [-0.1, -0.05) is 30.3 Å². The molecule has 7 heteroatoms. The number of hydrogen-bond donors (Lipinski definition) is 3. The number of nitrogens with one attached hydrogen (secondary N) is 2. The van der Waals surface area contributed by atoms with Crippen molar-refractivity contribution < 1.29 is 18.3 Å². The van der Waals surface area contributed by atoms with Crippen LogP contribution >= 0.6 is 0 Å². The molecule has 2 aromatic rings. The highest BCUT2D eigenvalue weighted by Crippen LogP contribution is 2.10. The van der Waals surface area contributed by atoms with Crippen molar-refractivity contribution in [2.75, 3.05) is 6.54 Å². The summed E-state index contributed by atoms with van der Waals surface area (Å²) < 4.78 is 26.3. The molecule has 3 N–H and O–H groups in total. The zero-order chi connectivity index (χ0) is 14.6. The quantitative estimate of drug-likeness (QED) is 0.746. The zero-order valence-corrected chi connectivity index (χ0v) is 11.4. The summed E-state index contributed by atoms with van der Waals surface area (Å²) in [6.45, 7) is 0.250. The predicted molar refractivity (Wildman–Crippen MR) is 73.1 cm³/mol. The van der Waals surface area contributed by atoms with Crippen LogP contribution in [0.15, 0.2) is 47.5 Å². The maximum absolute atomic E-state index is 11.9. The van der Waals surface area contributed by atoms with E-state index in [4.69, 9.17) is 5.11 Å². The molecule has 0 atom stereocenters. The number of hydrogen-bond acceptors (Lipinski definition) is 3. The van der Waals surface area contributed by atoms with E-state index in [2.05, 4.69) is 9.71 Å². The third-order valence-corrected chi connectivity index (χ3v) is 4.19. The molecule has 0 saturated carbocycles. The number of carboxylic acids is 1. The number of H-pyrrole nitrogens is 1. The summed E-state index contributed by atoms with van der Waals surface area (Å²) in [6, 6.07) is 10.6. The van der Waals surface area contributed by atoms with E-state index in [1.807, 2.05) is 30.3 Å². The summed E-state index contributed by atoms with van der Waals surface area (Å²) in [5.41, 5.74) is 0.865. The van der Waals surface area contributed by atoms with Gasteiger partial charge in [0.15, 0.2) is 0 Å². The first-order chi connectivity index (χ1) is 9.49. The Hall–Kier alpha value is -2.12. The number of aromatic carboxylic acids is 1. The number of sulfonamides is 1. The van der Waals surface area contributed by atoms with Crippen molar-refractivity contribution in [3.05, 3.63) is 53.9 Å². The van der Waals surface area contributed by atoms with Crippen LogP contribution < -0.4 is 4.72 Å². The lowest BCUT2D eigenvalue weighted by molar-refractivity contribution is 0.0691. The summed E-state index contributed by atoms with van der Waals surface area (Å²) in [5.74, 6) is -1.20. The molecule has 0 unspecified atom stereocenters. The summed E-state index contributed by atoms with van der Waals surface area (Å²) in [4.78, 5) is 13.0. The number of benzene rings is 1. The molecule has 0 saturated heterocycles. The van der Waals surface area contributed by atoms with Gasteiger partial charge in [0.1, 0.15) is 10.6 Å². The van der Waals surface area contributed by atoms with Gasteiger partial charge in [0, 0.05) is 12.7 Å². The number of aromatic nitrogens is 1. The van der Waals surface area contributed by atoms with Crippen LogP contribution in [-0.4, -0.2) is 31.0 Å². The molecule has 1 aromatic carbocycles. The topological polar surface area (TPSA) is 99.3 Å². The van der Waals surface area contributed by atoms with E-state index in [-0.39, 0.29) is 17.1 Å². The van der Waals surface area contributed by atoms with Gasteiger partial charge in [-0.15, -0.1) is 0 Å². The molecule has 0 amide bonds. The number of carbonyl (C=O) groups is 1. The van der Waals surface area contributed by atoms with Crippen molar-refractivity contribution in [2.45, 2.75) is 11.3 Å². The molecule has 20 heavy (non-hydrogen) atoms. The molecule has 0 aliphatic rings. The third kappa shape index (κ3) is 3.46. The number of carboxylic acid groups (broad SMARTS) is 1. The van der Waals surface area contributed by atoms with Crippen LogP contribution in [0.4, 0.5) is 0 Å². The van der Waals surface area contributed by atoms with Crippen LogP contribution in [0.25, 0.3) is 0 Å². The fourth-order valence-corrected chi connectivity index (χ4v) is 2.74. The molecule has 1 heterocycles. The zero-order valence-electron chi connectivity index (χ0n) is 10.5. The average Bonchev–Trinajstić information content (AvgIpc) is 2.90. The van der Waals surface area contributed by atoms with Gasteiger partial charge >= 0.3 is 5.97 Å². The second-order valence-corrected chi connectivity index (χ2v) is 5.95. The van der Waals surface area contributed by atoms with Crippen molar-refractivity contribution >= 4 is 16.0 Å². The summed E-state index contributed by atoms with van der Waals surface area (Å²) in [5, 5.41) is 8.74. The number of rotatable bonds is 6. The van der Waals surface area contributed by atoms with Crippen molar-refractivity contribution in [2.24, 2.45) is 0 Å². The largest absolute Gasteiger partial charge is 0.477 e. The Morgan fingerprint density at radius 2 is 1.95 bits per heavy atom. The minimum atomic E-state index is -3.69. The maximum atomic E-state index is 11.9.